The highest BCUT2D eigenvalue weighted by Gasteiger charge is 2.18. The normalized spacial score (nSPS) is 11.7. The fourth-order valence-electron chi connectivity index (χ4n) is 4.21. The van der Waals surface area contributed by atoms with Gasteiger partial charge >= 0.3 is 0 Å². The largest absolute Gasteiger partial charge is 0.375 e. The average Bonchev–Trinajstić information content (AvgIpc) is 2.73. The highest BCUT2D eigenvalue weighted by Crippen LogP contribution is 2.32. The Kier molecular flexibility index (Phi) is 3.74. The number of aromatic nitrogens is 2. The van der Waals surface area contributed by atoms with Gasteiger partial charge in [-0.1, -0.05) is 25.1 Å². The van der Waals surface area contributed by atoms with E-state index in [9.17, 15) is 9.59 Å². The highest BCUT2D eigenvalue weighted by molar-refractivity contribution is 6.12. The van der Waals surface area contributed by atoms with Crippen LogP contribution in [-0.4, -0.2) is 24.1 Å². The molecular weight excluding hydrogens is 362 g/mol. The van der Waals surface area contributed by atoms with Crippen molar-refractivity contribution in [2.75, 3.05) is 19.0 Å². The molecule has 2 heterocycles. The number of hydrogen-bond acceptors (Lipinski definition) is 3. The van der Waals surface area contributed by atoms with Crippen LogP contribution < -0.4 is 15.8 Å². The van der Waals surface area contributed by atoms with Crippen molar-refractivity contribution in [3.05, 3.63) is 74.5 Å². The molecule has 0 atom stereocenters. The van der Waals surface area contributed by atoms with Gasteiger partial charge in [0.15, 0.2) is 10.9 Å². The number of para-hydroxylation sites is 1. The van der Waals surface area contributed by atoms with Crippen molar-refractivity contribution in [3.8, 4) is 0 Å². The Labute approximate surface area is 166 Å². The first-order valence-electron chi connectivity index (χ1n) is 9.73. The summed E-state index contributed by atoms with van der Waals surface area (Å²) in [5.74, 6) is 0. The lowest BCUT2D eigenvalue weighted by atomic mass is 10.0. The Morgan fingerprint density at radius 1 is 0.793 bits per heavy atom. The number of fused-ring (bicyclic) bond motifs is 4. The Morgan fingerprint density at radius 3 is 2.31 bits per heavy atom. The zero-order valence-corrected chi connectivity index (χ0v) is 16.6. The molecule has 0 saturated heterocycles. The Morgan fingerprint density at radius 2 is 1.55 bits per heavy atom. The fourth-order valence-corrected chi connectivity index (χ4v) is 4.21. The van der Waals surface area contributed by atoms with Gasteiger partial charge in [0.05, 0.1) is 27.5 Å². The van der Waals surface area contributed by atoms with Crippen molar-refractivity contribution >= 4 is 49.3 Å². The molecule has 5 rings (SSSR count). The summed E-state index contributed by atoms with van der Waals surface area (Å²) in [5, 5.41) is 2.47. The molecular formula is C24H21N3O2. The van der Waals surface area contributed by atoms with E-state index in [-0.39, 0.29) is 10.9 Å². The van der Waals surface area contributed by atoms with Crippen molar-refractivity contribution in [1.29, 1.82) is 0 Å². The lowest BCUT2D eigenvalue weighted by Gasteiger charge is -2.19. The van der Waals surface area contributed by atoms with Gasteiger partial charge in [-0.3, -0.25) is 9.59 Å². The third-order valence-corrected chi connectivity index (χ3v) is 5.66. The maximum atomic E-state index is 13.4. The number of aryl methyl sites for hydroxylation is 1. The van der Waals surface area contributed by atoms with Crippen LogP contribution in [-0.2, 0) is 6.42 Å². The topological polar surface area (TPSA) is 69.0 Å². The second-order valence-electron chi connectivity index (χ2n) is 7.65. The van der Waals surface area contributed by atoms with Crippen LogP contribution in [0.1, 0.15) is 12.5 Å². The summed E-state index contributed by atoms with van der Waals surface area (Å²) in [7, 11) is 3.79. The van der Waals surface area contributed by atoms with Crippen LogP contribution in [0.2, 0.25) is 0 Å². The van der Waals surface area contributed by atoms with Crippen molar-refractivity contribution in [1.82, 2.24) is 9.97 Å². The summed E-state index contributed by atoms with van der Waals surface area (Å²) in [4.78, 5) is 35.4. The molecule has 0 aliphatic heterocycles. The predicted octanol–water partition coefficient (Wildman–Crippen LogP) is 4.30. The number of nitrogens with zero attached hydrogens (tertiary/aromatic N) is 1. The van der Waals surface area contributed by atoms with E-state index in [0.717, 1.165) is 28.7 Å². The summed E-state index contributed by atoms with van der Waals surface area (Å²) in [6.45, 7) is 2.07. The molecule has 0 amide bonds. The molecule has 0 aliphatic rings. The summed E-state index contributed by atoms with van der Waals surface area (Å²) < 4.78 is 0. The van der Waals surface area contributed by atoms with Crippen LogP contribution in [0.4, 0.5) is 5.69 Å². The first-order valence-corrected chi connectivity index (χ1v) is 9.73. The standard InChI is InChI=1S/C24H21N3O2/c1-4-13-9-10-18-15(11-13)23(28)16-12-19-20(22(27(2)3)21(16)26-18)24(29)14-7-5-6-8-17(14)25-19/h5-12H,4H2,1-3H3,(H,25,29)(H,26,28). The molecule has 5 heteroatoms. The van der Waals surface area contributed by atoms with Gasteiger partial charge in [-0.25, -0.2) is 0 Å². The molecule has 0 bridgehead atoms. The number of benzene rings is 3. The maximum absolute atomic E-state index is 13.4. The van der Waals surface area contributed by atoms with Crippen LogP contribution in [0.15, 0.2) is 58.1 Å². The van der Waals surface area contributed by atoms with Crippen molar-refractivity contribution < 1.29 is 0 Å². The zero-order chi connectivity index (χ0) is 20.3. The minimum absolute atomic E-state index is 0.0249. The molecule has 144 valence electrons. The van der Waals surface area contributed by atoms with Gasteiger partial charge in [-0.15, -0.1) is 0 Å². The summed E-state index contributed by atoms with van der Waals surface area (Å²) in [6.07, 6.45) is 0.868. The number of pyridine rings is 2. The van der Waals surface area contributed by atoms with Gasteiger partial charge in [0.2, 0.25) is 0 Å². The molecule has 0 fully saturated rings. The molecule has 0 aliphatic carbocycles. The molecule has 5 aromatic rings. The quantitative estimate of drug-likeness (QED) is 0.447. The highest BCUT2D eigenvalue weighted by atomic mass is 16.1. The van der Waals surface area contributed by atoms with Crippen LogP contribution in [0.3, 0.4) is 0 Å². The molecule has 5 nitrogen and oxygen atoms in total. The van der Waals surface area contributed by atoms with Crippen LogP contribution in [0.5, 0.6) is 0 Å². The summed E-state index contributed by atoms with van der Waals surface area (Å²) >= 11 is 0. The number of rotatable bonds is 2. The van der Waals surface area contributed by atoms with E-state index in [1.807, 2.05) is 67.5 Å². The zero-order valence-electron chi connectivity index (χ0n) is 16.6. The lowest BCUT2D eigenvalue weighted by molar-refractivity contribution is 1.14. The first-order chi connectivity index (χ1) is 14.0. The third kappa shape index (κ3) is 2.47. The third-order valence-electron chi connectivity index (χ3n) is 5.66. The van der Waals surface area contributed by atoms with E-state index >= 15 is 0 Å². The Hall–Kier alpha value is -3.60. The lowest BCUT2D eigenvalue weighted by Crippen LogP contribution is -2.17. The minimum Gasteiger partial charge on any atom is -0.375 e. The average molecular weight is 383 g/mol. The summed E-state index contributed by atoms with van der Waals surface area (Å²) in [5.41, 5.74) is 4.68. The van der Waals surface area contributed by atoms with Gasteiger partial charge in [-0.05, 0) is 42.3 Å². The van der Waals surface area contributed by atoms with Gasteiger partial charge in [-0.2, -0.15) is 0 Å². The van der Waals surface area contributed by atoms with Crippen LogP contribution >= 0.6 is 0 Å². The van der Waals surface area contributed by atoms with Crippen LogP contribution in [0, 0.1) is 0 Å². The number of nitrogens with one attached hydrogen (secondary N) is 2. The van der Waals surface area contributed by atoms with Crippen molar-refractivity contribution in [2.45, 2.75) is 13.3 Å². The molecule has 29 heavy (non-hydrogen) atoms. The molecule has 2 aromatic heterocycles. The molecule has 0 spiro atoms. The van der Waals surface area contributed by atoms with Gasteiger partial charge in [0, 0.05) is 35.9 Å². The van der Waals surface area contributed by atoms with E-state index in [4.69, 9.17) is 0 Å². The number of hydrogen-bond donors (Lipinski definition) is 2. The second-order valence-corrected chi connectivity index (χ2v) is 7.65. The van der Waals surface area contributed by atoms with Crippen LogP contribution in [0.25, 0.3) is 43.6 Å². The smallest absolute Gasteiger partial charge is 0.199 e. The van der Waals surface area contributed by atoms with Gasteiger partial charge in [0.1, 0.15) is 0 Å². The number of anilines is 1. The van der Waals surface area contributed by atoms with E-state index in [0.29, 0.717) is 32.6 Å². The van der Waals surface area contributed by atoms with E-state index in [1.165, 1.54) is 0 Å². The van der Waals surface area contributed by atoms with E-state index in [1.54, 1.807) is 0 Å². The van der Waals surface area contributed by atoms with E-state index < -0.39 is 0 Å². The molecule has 2 N–H and O–H groups in total. The molecule has 0 unspecified atom stereocenters. The molecule has 0 radical (unpaired) electrons. The van der Waals surface area contributed by atoms with Gasteiger partial charge < -0.3 is 14.9 Å². The molecule has 0 saturated carbocycles. The van der Waals surface area contributed by atoms with Gasteiger partial charge in [0.25, 0.3) is 0 Å². The SMILES string of the molecule is CCc1ccc2[nH]c3c(N(C)C)c4c(=O)c5ccccc5[nH]c4cc3c(=O)c2c1. The minimum atomic E-state index is -0.0396. The monoisotopic (exact) mass is 383 g/mol. The first kappa shape index (κ1) is 17.5. The Bertz CT molecular complexity index is 1560. The maximum Gasteiger partial charge on any atom is 0.199 e. The summed E-state index contributed by atoms with van der Waals surface area (Å²) in [6, 6.07) is 15.2. The van der Waals surface area contributed by atoms with E-state index in [2.05, 4.69) is 16.9 Å². The number of H-pyrrole nitrogens is 2. The predicted molar refractivity (Wildman–Crippen MR) is 121 cm³/mol. The van der Waals surface area contributed by atoms with Crippen molar-refractivity contribution in [3.63, 3.8) is 0 Å². The van der Waals surface area contributed by atoms with Crippen molar-refractivity contribution in [2.24, 2.45) is 0 Å². The second kappa shape index (κ2) is 6.21. The number of aromatic amines is 2. The Balaban J connectivity index is 2.07. The molecule has 3 aromatic carbocycles. The fraction of sp³-hybridized carbons (Fsp3) is 0.167.